The maximum atomic E-state index is 12.5. The van der Waals surface area contributed by atoms with E-state index in [0.29, 0.717) is 32.2 Å². The van der Waals surface area contributed by atoms with Gasteiger partial charge in [-0.1, -0.05) is 38.1 Å². The highest BCUT2D eigenvalue weighted by Gasteiger charge is 2.32. The average Bonchev–Trinajstić information content (AvgIpc) is 3.09. The molecular formula is C18H25NO3. The molecule has 1 aromatic rings. The Hall–Kier alpha value is -1.39. The molecule has 0 saturated carbocycles. The fourth-order valence-corrected chi connectivity index (χ4v) is 3.12. The van der Waals surface area contributed by atoms with E-state index in [0.717, 1.165) is 18.4 Å². The number of rotatable bonds is 3. The Morgan fingerprint density at radius 2 is 1.95 bits per heavy atom. The molecule has 0 bridgehead atoms. The number of nitrogens with zero attached hydrogens (tertiary/aromatic N) is 1. The Kier molecular flexibility index (Phi) is 4.79. The molecule has 0 aromatic heterocycles. The number of carbonyl (C=O) groups excluding carboxylic acids is 1. The van der Waals surface area contributed by atoms with Gasteiger partial charge in [0.05, 0.1) is 13.2 Å². The quantitative estimate of drug-likeness (QED) is 0.862. The first kappa shape index (κ1) is 15.5. The summed E-state index contributed by atoms with van der Waals surface area (Å²) < 4.78 is 11.4. The van der Waals surface area contributed by atoms with Gasteiger partial charge < -0.3 is 14.4 Å². The zero-order chi connectivity index (χ0) is 15.5. The molecule has 2 atom stereocenters. The van der Waals surface area contributed by atoms with Gasteiger partial charge in [-0.15, -0.1) is 0 Å². The number of amides is 1. The molecule has 2 aliphatic rings. The zero-order valence-electron chi connectivity index (χ0n) is 13.5. The SMILES string of the molecule is CC(C)c1ccc(C2CN(C(=O)C3CCCO3)CCO2)cc1. The third kappa shape index (κ3) is 3.33. The first-order valence-electron chi connectivity index (χ1n) is 8.27. The van der Waals surface area contributed by atoms with Crippen molar-refractivity contribution in [3.63, 3.8) is 0 Å². The second kappa shape index (κ2) is 6.80. The van der Waals surface area contributed by atoms with Crippen molar-refractivity contribution in [3.05, 3.63) is 35.4 Å². The van der Waals surface area contributed by atoms with E-state index in [1.165, 1.54) is 5.56 Å². The third-order valence-corrected chi connectivity index (χ3v) is 4.56. The van der Waals surface area contributed by atoms with Gasteiger partial charge in [0.15, 0.2) is 0 Å². The monoisotopic (exact) mass is 303 g/mol. The van der Waals surface area contributed by atoms with Crippen LogP contribution in [0.1, 0.15) is 49.8 Å². The molecule has 4 heteroatoms. The molecule has 1 aromatic carbocycles. The minimum Gasteiger partial charge on any atom is -0.370 e. The maximum absolute atomic E-state index is 12.5. The van der Waals surface area contributed by atoms with Crippen LogP contribution in [-0.4, -0.2) is 43.2 Å². The Bertz CT molecular complexity index is 506. The van der Waals surface area contributed by atoms with Gasteiger partial charge in [0.1, 0.15) is 12.2 Å². The van der Waals surface area contributed by atoms with Crippen LogP contribution in [0, 0.1) is 0 Å². The summed E-state index contributed by atoms with van der Waals surface area (Å²) in [6.45, 7) is 6.97. The summed E-state index contributed by atoms with van der Waals surface area (Å²) in [5.41, 5.74) is 2.47. The lowest BCUT2D eigenvalue weighted by atomic mass is 9.99. The normalized spacial score (nSPS) is 25.7. The molecular weight excluding hydrogens is 278 g/mol. The molecule has 1 amide bonds. The Labute approximate surface area is 132 Å². The fourth-order valence-electron chi connectivity index (χ4n) is 3.12. The lowest BCUT2D eigenvalue weighted by Crippen LogP contribution is -2.46. The van der Waals surface area contributed by atoms with E-state index in [1.54, 1.807) is 0 Å². The standard InChI is InChI=1S/C18H25NO3/c1-13(2)14-5-7-15(8-6-14)17-12-19(9-11-22-17)18(20)16-4-3-10-21-16/h5-8,13,16-17H,3-4,9-12H2,1-2H3. The number of ether oxygens (including phenoxy) is 2. The Morgan fingerprint density at radius 1 is 1.18 bits per heavy atom. The fraction of sp³-hybridized carbons (Fsp3) is 0.611. The van der Waals surface area contributed by atoms with E-state index >= 15 is 0 Å². The Morgan fingerprint density at radius 3 is 2.59 bits per heavy atom. The van der Waals surface area contributed by atoms with Gasteiger partial charge >= 0.3 is 0 Å². The van der Waals surface area contributed by atoms with E-state index in [9.17, 15) is 4.79 Å². The van der Waals surface area contributed by atoms with Crippen molar-refractivity contribution < 1.29 is 14.3 Å². The Balaban J connectivity index is 1.65. The van der Waals surface area contributed by atoms with Gasteiger partial charge in [0.2, 0.25) is 0 Å². The van der Waals surface area contributed by atoms with Gasteiger partial charge in [-0.05, 0) is 29.9 Å². The van der Waals surface area contributed by atoms with E-state index in [4.69, 9.17) is 9.47 Å². The summed E-state index contributed by atoms with van der Waals surface area (Å²) in [4.78, 5) is 14.4. The predicted molar refractivity (Wildman–Crippen MR) is 84.8 cm³/mol. The van der Waals surface area contributed by atoms with Crippen molar-refractivity contribution in [1.29, 1.82) is 0 Å². The zero-order valence-corrected chi connectivity index (χ0v) is 13.5. The predicted octanol–water partition coefficient (Wildman–Crippen LogP) is 2.89. The number of hydrogen-bond donors (Lipinski definition) is 0. The van der Waals surface area contributed by atoms with Crippen LogP contribution in [0.15, 0.2) is 24.3 Å². The summed E-state index contributed by atoms with van der Waals surface area (Å²) in [6, 6.07) is 8.56. The van der Waals surface area contributed by atoms with E-state index in [2.05, 4.69) is 38.1 Å². The van der Waals surface area contributed by atoms with Crippen LogP contribution >= 0.6 is 0 Å². The van der Waals surface area contributed by atoms with Crippen molar-refractivity contribution in [1.82, 2.24) is 4.90 Å². The van der Waals surface area contributed by atoms with E-state index in [1.807, 2.05) is 4.90 Å². The van der Waals surface area contributed by atoms with Crippen molar-refractivity contribution >= 4 is 5.91 Å². The largest absolute Gasteiger partial charge is 0.370 e. The van der Waals surface area contributed by atoms with E-state index in [-0.39, 0.29) is 18.1 Å². The molecule has 22 heavy (non-hydrogen) atoms. The second-order valence-electron chi connectivity index (χ2n) is 6.47. The molecule has 2 aliphatic heterocycles. The number of hydrogen-bond acceptors (Lipinski definition) is 3. The topological polar surface area (TPSA) is 38.8 Å². The van der Waals surface area contributed by atoms with Crippen LogP contribution in [0.25, 0.3) is 0 Å². The summed E-state index contributed by atoms with van der Waals surface area (Å²) in [7, 11) is 0. The smallest absolute Gasteiger partial charge is 0.251 e. The molecule has 2 fully saturated rings. The molecule has 0 radical (unpaired) electrons. The molecule has 120 valence electrons. The highest BCUT2D eigenvalue weighted by Crippen LogP contribution is 2.26. The first-order valence-corrected chi connectivity index (χ1v) is 8.27. The third-order valence-electron chi connectivity index (χ3n) is 4.56. The highest BCUT2D eigenvalue weighted by molar-refractivity contribution is 5.81. The van der Waals surface area contributed by atoms with Crippen LogP contribution < -0.4 is 0 Å². The second-order valence-corrected chi connectivity index (χ2v) is 6.47. The lowest BCUT2D eigenvalue weighted by molar-refractivity contribution is -0.148. The minimum atomic E-state index is -0.234. The average molecular weight is 303 g/mol. The van der Waals surface area contributed by atoms with Gasteiger partial charge in [0.25, 0.3) is 5.91 Å². The van der Waals surface area contributed by atoms with Crippen LogP contribution in [-0.2, 0) is 14.3 Å². The molecule has 2 heterocycles. The summed E-state index contributed by atoms with van der Waals surface area (Å²) >= 11 is 0. The summed E-state index contributed by atoms with van der Waals surface area (Å²) in [5.74, 6) is 0.656. The minimum absolute atomic E-state index is 0.0275. The van der Waals surface area contributed by atoms with Crippen molar-refractivity contribution in [3.8, 4) is 0 Å². The van der Waals surface area contributed by atoms with Crippen LogP contribution in [0.5, 0.6) is 0 Å². The molecule has 2 saturated heterocycles. The van der Waals surface area contributed by atoms with Crippen LogP contribution in [0.4, 0.5) is 0 Å². The lowest BCUT2D eigenvalue weighted by Gasteiger charge is -2.34. The number of benzene rings is 1. The van der Waals surface area contributed by atoms with Gasteiger partial charge in [-0.25, -0.2) is 0 Å². The van der Waals surface area contributed by atoms with Crippen molar-refractivity contribution in [2.24, 2.45) is 0 Å². The van der Waals surface area contributed by atoms with Gasteiger partial charge in [-0.3, -0.25) is 4.79 Å². The van der Waals surface area contributed by atoms with Crippen LogP contribution in [0.2, 0.25) is 0 Å². The van der Waals surface area contributed by atoms with Gasteiger partial charge in [0, 0.05) is 13.2 Å². The van der Waals surface area contributed by atoms with Gasteiger partial charge in [-0.2, -0.15) is 0 Å². The highest BCUT2D eigenvalue weighted by atomic mass is 16.5. The maximum Gasteiger partial charge on any atom is 0.251 e. The van der Waals surface area contributed by atoms with Crippen molar-refractivity contribution in [2.75, 3.05) is 26.3 Å². The first-order chi connectivity index (χ1) is 10.6. The summed E-state index contributed by atoms with van der Waals surface area (Å²) in [6.07, 6.45) is 1.58. The number of morpholine rings is 1. The molecule has 4 nitrogen and oxygen atoms in total. The molecule has 0 aliphatic carbocycles. The van der Waals surface area contributed by atoms with Crippen LogP contribution in [0.3, 0.4) is 0 Å². The molecule has 3 rings (SSSR count). The number of carbonyl (C=O) groups is 1. The molecule has 0 N–H and O–H groups in total. The van der Waals surface area contributed by atoms with Crippen molar-refractivity contribution in [2.45, 2.75) is 44.8 Å². The summed E-state index contributed by atoms with van der Waals surface area (Å²) in [5, 5.41) is 0. The molecule has 0 spiro atoms. The molecule has 2 unspecified atom stereocenters. The van der Waals surface area contributed by atoms with E-state index < -0.39 is 0 Å².